The fourth-order valence-electron chi connectivity index (χ4n) is 1.68. The number of aldehydes is 1. The van der Waals surface area contributed by atoms with Crippen LogP contribution in [-0.4, -0.2) is 36.3 Å². The highest BCUT2D eigenvalue weighted by molar-refractivity contribution is 7.13. The first kappa shape index (κ1) is 8.84. The normalized spacial score (nSPS) is 23.6. The van der Waals surface area contributed by atoms with E-state index >= 15 is 0 Å². The molecule has 0 aliphatic carbocycles. The molecule has 70 valence electrons. The number of nitrogens with zero attached hydrogens (tertiary/aromatic N) is 2. The minimum atomic E-state index is 0.545. The molecule has 0 spiro atoms. The van der Waals surface area contributed by atoms with Crippen molar-refractivity contribution in [3.05, 3.63) is 16.1 Å². The minimum absolute atomic E-state index is 0.545. The SMILES string of the molecule is CN1CCC(c2ncc(C=O)s2)C1. The average Bonchev–Trinajstić information content (AvgIpc) is 2.71. The molecule has 0 bridgehead atoms. The molecule has 1 fully saturated rings. The molecule has 0 amide bonds. The molecular formula is C9H12N2OS. The van der Waals surface area contributed by atoms with Crippen LogP contribution in [0.1, 0.15) is 27.0 Å². The smallest absolute Gasteiger partial charge is 0.161 e. The van der Waals surface area contributed by atoms with Gasteiger partial charge < -0.3 is 4.90 Å². The molecule has 0 saturated carbocycles. The summed E-state index contributed by atoms with van der Waals surface area (Å²) in [5.74, 6) is 0.545. The zero-order valence-electron chi connectivity index (χ0n) is 7.56. The van der Waals surface area contributed by atoms with Crippen LogP contribution in [-0.2, 0) is 0 Å². The van der Waals surface area contributed by atoms with Gasteiger partial charge in [-0.15, -0.1) is 11.3 Å². The van der Waals surface area contributed by atoms with Crippen LogP contribution in [0.5, 0.6) is 0 Å². The van der Waals surface area contributed by atoms with Gasteiger partial charge in [-0.25, -0.2) is 4.98 Å². The maximum Gasteiger partial charge on any atom is 0.161 e. The maximum absolute atomic E-state index is 10.5. The lowest BCUT2D eigenvalue weighted by Crippen LogP contribution is -2.13. The Balaban J connectivity index is 2.12. The first-order valence-electron chi connectivity index (χ1n) is 4.39. The third kappa shape index (κ3) is 1.78. The first-order valence-corrected chi connectivity index (χ1v) is 5.20. The Morgan fingerprint density at radius 3 is 3.15 bits per heavy atom. The molecule has 2 rings (SSSR count). The number of carbonyl (C=O) groups is 1. The van der Waals surface area contributed by atoms with Crippen molar-refractivity contribution in [2.75, 3.05) is 20.1 Å². The number of thiazole rings is 1. The highest BCUT2D eigenvalue weighted by atomic mass is 32.1. The number of hydrogen-bond acceptors (Lipinski definition) is 4. The van der Waals surface area contributed by atoms with Gasteiger partial charge in [0.2, 0.25) is 0 Å². The van der Waals surface area contributed by atoms with Crippen molar-refractivity contribution in [2.24, 2.45) is 0 Å². The van der Waals surface area contributed by atoms with Crippen molar-refractivity contribution in [3.8, 4) is 0 Å². The van der Waals surface area contributed by atoms with Crippen LogP contribution in [0.4, 0.5) is 0 Å². The van der Waals surface area contributed by atoms with Crippen LogP contribution < -0.4 is 0 Å². The highest BCUT2D eigenvalue weighted by Crippen LogP contribution is 2.28. The topological polar surface area (TPSA) is 33.2 Å². The van der Waals surface area contributed by atoms with Crippen molar-refractivity contribution in [1.82, 2.24) is 9.88 Å². The molecule has 2 heterocycles. The Bertz CT molecular complexity index is 310. The average molecular weight is 196 g/mol. The predicted octanol–water partition coefficient (Wildman–Crippen LogP) is 1.37. The van der Waals surface area contributed by atoms with Gasteiger partial charge in [-0.1, -0.05) is 0 Å². The van der Waals surface area contributed by atoms with Gasteiger partial charge in [-0.05, 0) is 20.0 Å². The second-order valence-corrected chi connectivity index (χ2v) is 4.56. The lowest BCUT2D eigenvalue weighted by molar-refractivity contribution is 0.112. The van der Waals surface area contributed by atoms with E-state index in [0.717, 1.165) is 29.3 Å². The first-order chi connectivity index (χ1) is 6.29. The summed E-state index contributed by atoms with van der Waals surface area (Å²) in [5, 5.41) is 1.12. The number of likely N-dealkylation sites (tertiary alicyclic amines) is 1. The van der Waals surface area contributed by atoms with Crippen LogP contribution in [0.25, 0.3) is 0 Å². The molecule has 1 aliphatic rings. The van der Waals surface area contributed by atoms with Gasteiger partial charge in [0.05, 0.1) is 9.88 Å². The molecule has 1 atom stereocenters. The zero-order valence-corrected chi connectivity index (χ0v) is 8.38. The van der Waals surface area contributed by atoms with Crippen LogP contribution in [0, 0.1) is 0 Å². The molecule has 1 unspecified atom stereocenters. The van der Waals surface area contributed by atoms with E-state index in [1.54, 1.807) is 6.20 Å². The lowest BCUT2D eigenvalue weighted by Gasteiger charge is -2.06. The summed E-state index contributed by atoms with van der Waals surface area (Å²) in [6, 6.07) is 0. The molecule has 0 radical (unpaired) electrons. The second-order valence-electron chi connectivity index (χ2n) is 3.47. The van der Waals surface area contributed by atoms with Gasteiger partial charge in [0.15, 0.2) is 6.29 Å². The Kier molecular flexibility index (Phi) is 2.42. The standard InChI is InChI=1S/C9H12N2OS/c1-11-3-2-7(5-11)9-10-4-8(6-12)13-9/h4,6-7H,2-3,5H2,1H3. The van der Waals surface area contributed by atoms with E-state index in [2.05, 4.69) is 16.9 Å². The molecule has 0 aromatic carbocycles. The van der Waals surface area contributed by atoms with E-state index < -0.39 is 0 Å². The van der Waals surface area contributed by atoms with Crippen LogP contribution in [0.2, 0.25) is 0 Å². The summed E-state index contributed by atoms with van der Waals surface area (Å²) in [6.07, 6.45) is 3.72. The predicted molar refractivity (Wildman–Crippen MR) is 52.4 cm³/mol. The Labute approximate surface area is 81.4 Å². The molecule has 1 aromatic rings. The summed E-state index contributed by atoms with van der Waals surface area (Å²) in [5.41, 5.74) is 0. The molecule has 1 aromatic heterocycles. The fraction of sp³-hybridized carbons (Fsp3) is 0.556. The van der Waals surface area contributed by atoms with Crippen LogP contribution in [0.3, 0.4) is 0 Å². The van der Waals surface area contributed by atoms with E-state index in [9.17, 15) is 4.79 Å². The van der Waals surface area contributed by atoms with Crippen LogP contribution in [0.15, 0.2) is 6.20 Å². The zero-order chi connectivity index (χ0) is 9.26. The van der Waals surface area contributed by atoms with E-state index in [4.69, 9.17) is 0 Å². The highest BCUT2D eigenvalue weighted by Gasteiger charge is 2.23. The molecule has 0 N–H and O–H groups in total. The summed E-state index contributed by atoms with van der Waals surface area (Å²) in [7, 11) is 2.12. The number of hydrogen-bond donors (Lipinski definition) is 0. The number of aromatic nitrogens is 1. The Hall–Kier alpha value is -0.740. The largest absolute Gasteiger partial charge is 0.306 e. The molecule has 13 heavy (non-hydrogen) atoms. The van der Waals surface area contributed by atoms with Gasteiger partial charge in [-0.3, -0.25) is 4.79 Å². The molecule has 1 saturated heterocycles. The van der Waals surface area contributed by atoms with Crippen molar-refractivity contribution in [1.29, 1.82) is 0 Å². The molecule has 1 aliphatic heterocycles. The minimum Gasteiger partial charge on any atom is -0.306 e. The van der Waals surface area contributed by atoms with E-state index in [1.165, 1.54) is 17.8 Å². The fourth-order valence-corrected chi connectivity index (χ4v) is 2.54. The third-order valence-electron chi connectivity index (χ3n) is 2.40. The van der Waals surface area contributed by atoms with E-state index in [-0.39, 0.29) is 0 Å². The summed E-state index contributed by atoms with van der Waals surface area (Å²) in [4.78, 5) is 17.8. The molecule has 4 heteroatoms. The van der Waals surface area contributed by atoms with Crippen molar-refractivity contribution < 1.29 is 4.79 Å². The van der Waals surface area contributed by atoms with Gasteiger partial charge in [0, 0.05) is 18.7 Å². The molecular weight excluding hydrogens is 184 g/mol. The van der Waals surface area contributed by atoms with Crippen LogP contribution >= 0.6 is 11.3 Å². The summed E-state index contributed by atoms with van der Waals surface area (Å²) in [6.45, 7) is 2.21. The summed E-state index contributed by atoms with van der Waals surface area (Å²) < 4.78 is 0. The number of rotatable bonds is 2. The lowest BCUT2D eigenvalue weighted by atomic mass is 10.1. The Morgan fingerprint density at radius 2 is 2.62 bits per heavy atom. The van der Waals surface area contributed by atoms with E-state index in [1.807, 2.05) is 0 Å². The van der Waals surface area contributed by atoms with Crippen molar-refractivity contribution in [3.63, 3.8) is 0 Å². The summed E-state index contributed by atoms with van der Waals surface area (Å²) >= 11 is 1.53. The van der Waals surface area contributed by atoms with Gasteiger partial charge in [0.25, 0.3) is 0 Å². The number of likely N-dealkylation sites (N-methyl/N-ethyl adjacent to an activating group) is 1. The van der Waals surface area contributed by atoms with Gasteiger partial charge >= 0.3 is 0 Å². The maximum atomic E-state index is 10.5. The van der Waals surface area contributed by atoms with Crippen molar-refractivity contribution in [2.45, 2.75) is 12.3 Å². The van der Waals surface area contributed by atoms with Gasteiger partial charge in [-0.2, -0.15) is 0 Å². The monoisotopic (exact) mass is 196 g/mol. The second kappa shape index (κ2) is 3.55. The quantitative estimate of drug-likeness (QED) is 0.670. The van der Waals surface area contributed by atoms with Crippen molar-refractivity contribution >= 4 is 17.6 Å². The molecule has 3 nitrogen and oxygen atoms in total. The number of carbonyl (C=O) groups excluding carboxylic acids is 1. The third-order valence-corrected chi connectivity index (χ3v) is 3.48. The Morgan fingerprint density at radius 1 is 1.77 bits per heavy atom. The van der Waals surface area contributed by atoms with Gasteiger partial charge in [0.1, 0.15) is 0 Å². The van der Waals surface area contributed by atoms with E-state index in [0.29, 0.717) is 5.92 Å².